The van der Waals surface area contributed by atoms with Crippen LogP contribution in [0.5, 0.6) is 0 Å². The second-order valence-electron chi connectivity index (χ2n) is 9.88. The maximum Gasteiger partial charge on any atom is 0.256 e. The van der Waals surface area contributed by atoms with Crippen molar-refractivity contribution in [2.24, 2.45) is 5.41 Å². The monoisotopic (exact) mass is 448 g/mol. The summed E-state index contributed by atoms with van der Waals surface area (Å²) < 4.78 is 0. The quantitative estimate of drug-likeness (QED) is 0.640. The third-order valence-electron chi connectivity index (χ3n) is 5.64. The zero-order chi connectivity index (χ0) is 23.8. The predicted molar refractivity (Wildman–Crippen MR) is 130 cm³/mol. The minimum atomic E-state index is -0.248. The molecule has 176 valence electrons. The van der Waals surface area contributed by atoms with E-state index in [1.54, 1.807) is 0 Å². The van der Waals surface area contributed by atoms with Crippen molar-refractivity contribution in [3.8, 4) is 6.07 Å². The fourth-order valence-corrected chi connectivity index (χ4v) is 3.58. The van der Waals surface area contributed by atoms with Gasteiger partial charge in [0.1, 0.15) is 17.5 Å². The van der Waals surface area contributed by atoms with E-state index in [0.29, 0.717) is 24.5 Å². The van der Waals surface area contributed by atoms with Crippen molar-refractivity contribution in [1.29, 1.82) is 5.26 Å². The third-order valence-corrected chi connectivity index (χ3v) is 5.64. The minimum Gasteiger partial charge on any atom is -0.369 e. The number of carbonyl (C=O) groups is 1. The Balaban J connectivity index is 1.52. The van der Waals surface area contributed by atoms with E-state index in [1.165, 1.54) is 17.3 Å². The second-order valence-corrected chi connectivity index (χ2v) is 9.88. The first-order valence-electron chi connectivity index (χ1n) is 11.5. The van der Waals surface area contributed by atoms with Gasteiger partial charge in [-0.3, -0.25) is 9.69 Å². The smallest absolute Gasteiger partial charge is 0.256 e. The number of nitrogens with one attached hydrogen (secondary N) is 2. The van der Waals surface area contributed by atoms with Crippen LogP contribution in [-0.4, -0.2) is 72.0 Å². The van der Waals surface area contributed by atoms with E-state index in [9.17, 15) is 4.79 Å². The van der Waals surface area contributed by atoms with E-state index in [4.69, 9.17) is 5.26 Å². The highest BCUT2D eigenvalue weighted by Gasteiger charge is 2.18. The van der Waals surface area contributed by atoms with Crippen LogP contribution in [0.15, 0.2) is 30.5 Å². The van der Waals surface area contributed by atoms with E-state index < -0.39 is 0 Å². The molecule has 3 rings (SSSR count). The lowest BCUT2D eigenvalue weighted by Gasteiger charge is -2.32. The van der Waals surface area contributed by atoms with E-state index in [1.807, 2.05) is 6.07 Å². The van der Waals surface area contributed by atoms with Gasteiger partial charge in [0.05, 0.1) is 0 Å². The van der Waals surface area contributed by atoms with Crippen molar-refractivity contribution in [2.75, 3.05) is 51.6 Å². The lowest BCUT2D eigenvalue weighted by molar-refractivity contribution is 0.0954. The van der Waals surface area contributed by atoms with Gasteiger partial charge in [-0.15, -0.1) is 0 Å². The first-order valence-corrected chi connectivity index (χ1v) is 11.5. The SMILES string of the molecule is CC(C)(C)CNc1nc(C#N)ncc1C(=O)NCCc1ccc(CN2CCN([11CH3])CC2)cc1. The highest BCUT2D eigenvalue weighted by molar-refractivity contribution is 5.98. The number of anilines is 1. The summed E-state index contributed by atoms with van der Waals surface area (Å²) in [4.78, 5) is 25.8. The molecule has 0 saturated carbocycles. The number of amides is 1. The maximum absolute atomic E-state index is 12.8. The fraction of sp³-hybridized carbons (Fsp3) is 0.520. The molecule has 0 unspecified atom stereocenters. The van der Waals surface area contributed by atoms with Crippen molar-refractivity contribution in [1.82, 2.24) is 25.1 Å². The van der Waals surface area contributed by atoms with Crippen molar-refractivity contribution in [3.63, 3.8) is 0 Å². The lowest BCUT2D eigenvalue weighted by Crippen LogP contribution is -2.43. The molecule has 1 aliphatic rings. The number of nitrogens with zero attached hydrogens (tertiary/aromatic N) is 5. The molecule has 0 radical (unpaired) electrons. The summed E-state index contributed by atoms with van der Waals surface area (Å²) in [6.45, 7) is 12.8. The van der Waals surface area contributed by atoms with Gasteiger partial charge < -0.3 is 15.5 Å². The van der Waals surface area contributed by atoms with Crippen LogP contribution in [0, 0.1) is 16.7 Å². The number of likely N-dealkylation sites (N-methyl/N-ethyl adjacent to an activating group) is 1. The number of aromatic nitrogens is 2. The minimum absolute atomic E-state index is 0.00200. The van der Waals surface area contributed by atoms with Gasteiger partial charge in [0, 0.05) is 52.0 Å². The standard InChI is InChI=1S/C25H35N7O/c1-25(2,3)18-29-23-21(16-28-22(15-26)30-23)24(33)27-10-9-19-5-7-20(8-6-19)17-32-13-11-31(4)12-14-32/h5-8,16H,9-14,17-18H2,1-4H3,(H,27,33)(H,28,29,30)/i4-1. The molecule has 0 atom stereocenters. The molecule has 8 nitrogen and oxygen atoms in total. The Morgan fingerprint density at radius 1 is 1.12 bits per heavy atom. The number of hydrogen-bond donors (Lipinski definition) is 2. The van der Waals surface area contributed by atoms with Crippen LogP contribution in [0.1, 0.15) is 48.1 Å². The Labute approximate surface area is 197 Å². The zero-order valence-corrected chi connectivity index (χ0v) is 20.2. The largest absolute Gasteiger partial charge is 0.369 e. The number of nitriles is 1. The van der Waals surface area contributed by atoms with E-state index >= 15 is 0 Å². The summed E-state index contributed by atoms with van der Waals surface area (Å²) in [7, 11) is 2.17. The van der Waals surface area contributed by atoms with Gasteiger partial charge in [-0.1, -0.05) is 45.0 Å². The highest BCUT2D eigenvalue weighted by Crippen LogP contribution is 2.17. The van der Waals surface area contributed by atoms with Crippen LogP contribution < -0.4 is 10.6 Å². The number of hydrogen-bond acceptors (Lipinski definition) is 7. The topological polar surface area (TPSA) is 97.2 Å². The summed E-state index contributed by atoms with van der Waals surface area (Å²) in [5, 5.41) is 15.2. The Morgan fingerprint density at radius 3 is 2.42 bits per heavy atom. The molecule has 2 aromatic rings. The number of piperazine rings is 1. The molecule has 0 bridgehead atoms. The molecular weight excluding hydrogens is 413 g/mol. The van der Waals surface area contributed by atoms with Crippen LogP contribution in [0.3, 0.4) is 0 Å². The average Bonchev–Trinajstić information content (AvgIpc) is 2.79. The van der Waals surface area contributed by atoms with Gasteiger partial charge in [0.15, 0.2) is 0 Å². The van der Waals surface area contributed by atoms with Crippen LogP contribution >= 0.6 is 0 Å². The first-order chi connectivity index (χ1) is 15.7. The van der Waals surface area contributed by atoms with Gasteiger partial charge in [-0.2, -0.15) is 5.26 Å². The van der Waals surface area contributed by atoms with Gasteiger partial charge in [0.25, 0.3) is 5.91 Å². The van der Waals surface area contributed by atoms with E-state index in [-0.39, 0.29) is 17.1 Å². The molecule has 1 fully saturated rings. The average molecular weight is 449 g/mol. The molecule has 2 N–H and O–H groups in total. The molecule has 1 amide bonds. The number of benzene rings is 1. The molecule has 2 heterocycles. The fourth-order valence-electron chi connectivity index (χ4n) is 3.58. The molecule has 1 aromatic carbocycles. The van der Waals surface area contributed by atoms with Crippen LogP contribution in [0.2, 0.25) is 0 Å². The summed E-state index contributed by atoms with van der Waals surface area (Å²) in [5.74, 6) is 0.185. The highest BCUT2D eigenvalue weighted by atomic mass is 16.1. The Kier molecular flexibility index (Phi) is 8.37. The normalized spacial score (nSPS) is 15.1. The van der Waals surface area contributed by atoms with Gasteiger partial charge in [0.2, 0.25) is 5.82 Å². The molecule has 0 aliphatic carbocycles. The molecule has 0 spiro atoms. The summed E-state index contributed by atoms with van der Waals surface area (Å²) in [5.41, 5.74) is 2.85. The molecule has 1 aliphatic heterocycles. The summed E-state index contributed by atoms with van der Waals surface area (Å²) >= 11 is 0. The van der Waals surface area contributed by atoms with Crippen molar-refractivity contribution in [2.45, 2.75) is 33.7 Å². The Morgan fingerprint density at radius 2 is 1.79 bits per heavy atom. The first kappa shape index (κ1) is 24.6. The lowest BCUT2D eigenvalue weighted by atomic mass is 9.97. The van der Waals surface area contributed by atoms with Crippen LogP contribution in [-0.2, 0) is 13.0 Å². The third kappa shape index (κ3) is 7.81. The van der Waals surface area contributed by atoms with Gasteiger partial charge >= 0.3 is 0 Å². The summed E-state index contributed by atoms with van der Waals surface area (Å²) in [6, 6.07) is 10.6. The van der Waals surface area contributed by atoms with Crippen LogP contribution in [0.4, 0.5) is 5.82 Å². The maximum atomic E-state index is 12.8. The molecule has 33 heavy (non-hydrogen) atoms. The second kappa shape index (κ2) is 11.2. The number of rotatable bonds is 8. The van der Waals surface area contributed by atoms with Gasteiger partial charge in [-0.05, 0) is 30.0 Å². The molecular formula is C25H35N7O. The van der Waals surface area contributed by atoms with Gasteiger partial charge in [-0.25, -0.2) is 9.97 Å². The zero-order valence-electron chi connectivity index (χ0n) is 20.2. The van der Waals surface area contributed by atoms with E-state index in [2.05, 4.69) is 82.5 Å². The summed E-state index contributed by atoms with van der Waals surface area (Å²) in [6.07, 6.45) is 2.15. The van der Waals surface area contributed by atoms with E-state index in [0.717, 1.165) is 39.1 Å². The van der Waals surface area contributed by atoms with Crippen molar-refractivity contribution in [3.05, 3.63) is 53.0 Å². The molecule has 1 aromatic heterocycles. The van der Waals surface area contributed by atoms with Crippen molar-refractivity contribution >= 4 is 11.7 Å². The molecule has 1 saturated heterocycles. The number of carbonyl (C=O) groups excluding carboxylic acids is 1. The Hall–Kier alpha value is -3.02. The predicted octanol–water partition coefficient (Wildman–Crippen LogP) is 2.53. The Bertz CT molecular complexity index is 968. The molecule has 8 heteroatoms. The van der Waals surface area contributed by atoms with Crippen molar-refractivity contribution < 1.29 is 4.79 Å². The van der Waals surface area contributed by atoms with Crippen LogP contribution in [0.25, 0.3) is 0 Å².